The van der Waals surface area contributed by atoms with Gasteiger partial charge in [0.15, 0.2) is 11.5 Å². The lowest BCUT2D eigenvalue weighted by molar-refractivity contribution is -0.00540. The number of aliphatic hydroxyl groups is 1. The normalized spacial score (nSPS) is 12.4. The summed E-state index contributed by atoms with van der Waals surface area (Å²) >= 11 is 1.66. The van der Waals surface area contributed by atoms with Crippen molar-refractivity contribution in [2.45, 2.75) is 50.3 Å². The van der Waals surface area contributed by atoms with Gasteiger partial charge in [0, 0.05) is 17.0 Å². The van der Waals surface area contributed by atoms with Crippen LogP contribution in [0, 0.1) is 0 Å². The highest BCUT2D eigenvalue weighted by atomic mass is 32.2. The third-order valence-corrected chi connectivity index (χ3v) is 4.86. The van der Waals surface area contributed by atoms with Gasteiger partial charge in [0.1, 0.15) is 0 Å². The van der Waals surface area contributed by atoms with Crippen molar-refractivity contribution >= 4 is 11.8 Å². The third kappa shape index (κ3) is 4.28. The van der Waals surface area contributed by atoms with Gasteiger partial charge >= 0.3 is 0 Å². The molecule has 2 N–H and O–H groups in total. The van der Waals surface area contributed by atoms with Gasteiger partial charge in [-0.3, -0.25) is 0 Å². The van der Waals surface area contributed by atoms with Gasteiger partial charge in [-0.25, -0.2) is 0 Å². The number of hydrogen-bond acceptors (Lipinski definition) is 5. The zero-order chi connectivity index (χ0) is 16.3. The van der Waals surface area contributed by atoms with Crippen LogP contribution in [0.3, 0.4) is 0 Å². The summed E-state index contributed by atoms with van der Waals surface area (Å²) in [7, 11) is 3.27. The highest BCUT2D eigenvalue weighted by molar-refractivity contribution is 7.98. The molecule has 0 heterocycles. The van der Waals surface area contributed by atoms with E-state index < -0.39 is 11.1 Å². The van der Waals surface area contributed by atoms with Gasteiger partial charge in [0.25, 0.3) is 0 Å². The average Bonchev–Trinajstić information content (AvgIpc) is 2.42. The van der Waals surface area contributed by atoms with E-state index >= 15 is 0 Å². The van der Waals surface area contributed by atoms with Crippen LogP contribution in [-0.2, 0) is 6.54 Å². The molecule has 0 aliphatic rings. The molecule has 0 radical (unpaired) electrons. The second-order valence-corrected chi connectivity index (χ2v) is 6.90. The summed E-state index contributed by atoms with van der Waals surface area (Å²) in [5.74, 6) is 1.44. The summed E-state index contributed by atoms with van der Waals surface area (Å²) in [5.41, 5.74) is -0.101. The maximum absolute atomic E-state index is 10.2. The summed E-state index contributed by atoms with van der Waals surface area (Å²) < 4.78 is 10.7. The maximum Gasteiger partial charge on any atom is 0.161 e. The van der Waals surface area contributed by atoms with Crippen LogP contribution in [0.5, 0.6) is 11.5 Å². The molecule has 0 aliphatic carbocycles. The first kappa shape index (κ1) is 18.1. The number of ether oxygens (including phenoxy) is 2. The molecule has 0 unspecified atom stereocenters. The average molecular weight is 313 g/mol. The zero-order valence-electron chi connectivity index (χ0n) is 14.0. The van der Waals surface area contributed by atoms with Crippen LogP contribution >= 0.6 is 11.8 Å². The first-order valence-electron chi connectivity index (χ1n) is 6.92. The molecular weight excluding hydrogens is 286 g/mol. The van der Waals surface area contributed by atoms with E-state index in [9.17, 15) is 5.11 Å². The van der Waals surface area contributed by atoms with Crippen molar-refractivity contribution < 1.29 is 14.6 Å². The molecule has 21 heavy (non-hydrogen) atoms. The van der Waals surface area contributed by atoms with Gasteiger partial charge in [0.2, 0.25) is 0 Å². The van der Waals surface area contributed by atoms with E-state index in [4.69, 9.17) is 9.47 Å². The number of hydrogen-bond donors (Lipinski definition) is 2. The monoisotopic (exact) mass is 313 g/mol. The lowest BCUT2D eigenvalue weighted by Gasteiger charge is -2.38. The predicted molar refractivity (Wildman–Crippen MR) is 88.5 cm³/mol. The zero-order valence-corrected chi connectivity index (χ0v) is 14.9. The van der Waals surface area contributed by atoms with Crippen LogP contribution in [-0.4, -0.2) is 36.7 Å². The van der Waals surface area contributed by atoms with Gasteiger partial charge in [-0.15, -0.1) is 11.8 Å². The molecule has 0 saturated heterocycles. The molecule has 0 bridgehead atoms. The van der Waals surface area contributed by atoms with Crippen LogP contribution in [0.25, 0.3) is 0 Å². The second kappa shape index (κ2) is 6.90. The summed E-state index contributed by atoms with van der Waals surface area (Å²) in [6.45, 7) is 8.25. The van der Waals surface area contributed by atoms with Crippen molar-refractivity contribution in [3.05, 3.63) is 17.7 Å². The Morgan fingerprint density at radius 3 is 2.05 bits per heavy atom. The Hall–Kier alpha value is -0.910. The quantitative estimate of drug-likeness (QED) is 0.758. The fraction of sp³-hybridized carbons (Fsp3) is 0.625. The van der Waals surface area contributed by atoms with Crippen molar-refractivity contribution in [2.75, 3.05) is 20.5 Å². The second-order valence-electron chi connectivity index (χ2n) is 6.06. The molecule has 4 nitrogen and oxygen atoms in total. The molecule has 120 valence electrons. The van der Waals surface area contributed by atoms with Crippen molar-refractivity contribution in [1.82, 2.24) is 5.32 Å². The first-order valence-corrected chi connectivity index (χ1v) is 8.15. The Balaban J connectivity index is 3.03. The van der Waals surface area contributed by atoms with Crippen LogP contribution in [0.4, 0.5) is 0 Å². The highest BCUT2D eigenvalue weighted by Crippen LogP contribution is 2.35. The van der Waals surface area contributed by atoms with E-state index in [1.165, 1.54) is 0 Å². The van der Waals surface area contributed by atoms with Gasteiger partial charge in [-0.2, -0.15) is 0 Å². The Labute approximate surface area is 132 Å². The predicted octanol–water partition coefficient (Wildman–Crippen LogP) is 3.06. The number of rotatable bonds is 7. The molecule has 0 fully saturated rings. The van der Waals surface area contributed by atoms with Crippen molar-refractivity contribution in [2.24, 2.45) is 0 Å². The topological polar surface area (TPSA) is 50.7 Å². The fourth-order valence-corrected chi connectivity index (χ4v) is 2.38. The van der Waals surface area contributed by atoms with Crippen molar-refractivity contribution in [1.29, 1.82) is 0 Å². The van der Waals surface area contributed by atoms with E-state index in [1.54, 1.807) is 26.0 Å². The summed E-state index contributed by atoms with van der Waals surface area (Å²) in [5, 5.41) is 13.6. The van der Waals surface area contributed by atoms with E-state index in [2.05, 4.69) is 5.32 Å². The smallest absolute Gasteiger partial charge is 0.161 e. The standard InChI is InChI=1S/C16H27NO3S/c1-15(2,16(3,4)18)17-10-11-8-12(19-5)13(20-6)9-14(11)21-7/h8-9,17-18H,10H2,1-7H3. The molecule has 0 amide bonds. The molecule has 0 aliphatic heterocycles. The van der Waals surface area contributed by atoms with E-state index in [-0.39, 0.29) is 0 Å². The lowest BCUT2D eigenvalue weighted by atomic mass is 9.86. The Morgan fingerprint density at radius 2 is 1.62 bits per heavy atom. The molecule has 0 saturated carbocycles. The minimum absolute atomic E-state index is 0.407. The van der Waals surface area contributed by atoms with Crippen LogP contribution in [0.1, 0.15) is 33.3 Å². The summed E-state index contributed by atoms with van der Waals surface area (Å²) in [6, 6.07) is 3.97. The van der Waals surface area contributed by atoms with Crippen molar-refractivity contribution in [3.8, 4) is 11.5 Å². The molecule has 1 rings (SSSR count). The fourth-order valence-electron chi connectivity index (χ4n) is 1.76. The molecule has 1 aromatic carbocycles. The van der Waals surface area contributed by atoms with Crippen molar-refractivity contribution in [3.63, 3.8) is 0 Å². The first-order chi connectivity index (χ1) is 9.66. The van der Waals surface area contributed by atoms with E-state index in [0.29, 0.717) is 12.3 Å². The van der Waals surface area contributed by atoms with Crippen LogP contribution < -0.4 is 14.8 Å². The Kier molecular flexibility index (Phi) is 5.96. The number of benzene rings is 1. The maximum atomic E-state index is 10.2. The summed E-state index contributed by atoms with van der Waals surface area (Å²) in [4.78, 5) is 1.13. The van der Waals surface area contributed by atoms with Crippen LogP contribution in [0.15, 0.2) is 17.0 Å². The molecule has 0 atom stereocenters. The minimum Gasteiger partial charge on any atom is -0.493 e. The Morgan fingerprint density at radius 1 is 1.10 bits per heavy atom. The van der Waals surface area contributed by atoms with Gasteiger partial charge in [0.05, 0.1) is 19.8 Å². The molecule has 1 aromatic rings. The summed E-state index contributed by atoms with van der Waals surface area (Å²) in [6.07, 6.45) is 2.03. The highest BCUT2D eigenvalue weighted by Gasteiger charge is 2.34. The van der Waals surface area contributed by atoms with E-state index in [0.717, 1.165) is 16.2 Å². The molecule has 5 heteroatoms. The number of thioether (sulfide) groups is 1. The van der Waals surface area contributed by atoms with Crippen LogP contribution in [0.2, 0.25) is 0 Å². The SMILES string of the molecule is COc1cc(CNC(C)(C)C(C)(C)O)c(SC)cc1OC. The number of nitrogens with one attached hydrogen (secondary N) is 1. The molecular formula is C16H27NO3S. The van der Waals surface area contributed by atoms with Gasteiger partial charge in [-0.05, 0) is 51.6 Å². The lowest BCUT2D eigenvalue weighted by Crippen LogP contribution is -2.55. The molecule has 0 aromatic heterocycles. The Bertz CT molecular complexity index is 481. The number of methoxy groups -OCH3 is 2. The van der Waals surface area contributed by atoms with E-state index in [1.807, 2.05) is 46.1 Å². The minimum atomic E-state index is -0.816. The van der Waals surface area contributed by atoms with Gasteiger partial charge in [-0.1, -0.05) is 0 Å². The third-order valence-electron chi connectivity index (χ3n) is 4.04. The molecule has 0 spiro atoms. The largest absolute Gasteiger partial charge is 0.493 e. The van der Waals surface area contributed by atoms with Gasteiger partial charge < -0.3 is 19.9 Å².